The van der Waals surface area contributed by atoms with E-state index in [0.29, 0.717) is 0 Å². The molecule has 23 heavy (non-hydrogen) atoms. The topological polar surface area (TPSA) is 26.0 Å². The fourth-order valence-electron chi connectivity index (χ4n) is 2.56. The molecule has 112 valence electrons. The average Bonchev–Trinajstić information content (AvgIpc) is 3.28. The van der Waals surface area contributed by atoms with E-state index in [1.54, 1.807) is 23.9 Å². The highest BCUT2D eigenvalue weighted by Gasteiger charge is 2.06. The Morgan fingerprint density at radius 1 is 0.826 bits per heavy atom. The molecular weight excluding hydrogens is 302 g/mol. The molecule has 0 unspecified atom stereocenters. The predicted molar refractivity (Wildman–Crippen MR) is 94.5 cm³/mol. The second kappa shape index (κ2) is 6.23. The molecule has 0 amide bonds. The number of aromatic nitrogens is 1. The molecule has 2 nitrogen and oxygen atoms in total. The van der Waals surface area contributed by atoms with Gasteiger partial charge in [0.05, 0.1) is 23.2 Å². The highest BCUT2D eigenvalue weighted by Crippen LogP contribution is 2.27. The van der Waals surface area contributed by atoms with Gasteiger partial charge in [-0.3, -0.25) is 0 Å². The third-order valence-corrected chi connectivity index (χ3v) is 4.63. The first kappa shape index (κ1) is 14.0. The van der Waals surface area contributed by atoms with Crippen LogP contribution in [-0.4, -0.2) is 4.98 Å². The van der Waals surface area contributed by atoms with Gasteiger partial charge in [0.2, 0.25) is 0 Å². The van der Waals surface area contributed by atoms with Gasteiger partial charge in [-0.15, -0.1) is 11.3 Å². The Morgan fingerprint density at radius 2 is 1.61 bits per heavy atom. The van der Waals surface area contributed by atoms with Crippen molar-refractivity contribution in [2.75, 3.05) is 0 Å². The van der Waals surface area contributed by atoms with Crippen molar-refractivity contribution in [2.24, 2.45) is 0 Å². The van der Waals surface area contributed by atoms with Crippen LogP contribution in [0, 0.1) is 0 Å². The van der Waals surface area contributed by atoms with E-state index >= 15 is 0 Å². The molecule has 0 fully saturated rings. The van der Waals surface area contributed by atoms with E-state index in [4.69, 9.17) is 9.40 Å². The van der Waals surface area contributed by atoms with Crippen LogP contribution in [0.4, 0.5) is 0 Å². The molecule has 0 saturated heterocycles. The third kappa shape index (κ3) is 3.10. The summed E-state index contributed by atoms with van der Waals surface area (Å²) in [6.07, 6.45) is 4.34. The van der Waals surface area contributed by atoms with Gasteiger partial charge in [-0.25, -0.2) is 4.98 Å². The van der Waals surface area contributed by atoms with E-state index in [1.165, 1.54) is 5.56 Å². The van der Waals surface area contributed by atoms with Gasteiger partial charge in [-0.2, -0.15) is 0 Å². The normalized spacial score (nSPS) is 10.8. The number of benzene rings is 2. The van der Waals surface area contributed by atoms with E-state index in [2.05, 4.69) is 53.9 Å². The SMILES string of the molecule is c1ccc(Cc2nc(-c3ccc(-c4ccoc4)cc3)cs2)cc1. The van der Waals surface area contributed by atoms with Gasteiger partial charge < -0.3 is 4.42 Å². The lowest BCUT2D eigenvalue weighted by molar-refractivity contribution is 0.568. The molecule has 0 saturated carbocycles. The summed E-state index contributed by atoms with van der Waals surface area (Å²) in [4.78, 5) is 4.77. The number of furan rings is 1. The van der Waals surface area contributed by atoms with E-state index in [9.17, 15) is 0 Å². The van der Waals surface area contributed by atoms with Crippen molar-refractivity contribution >= 4 is 11.3 Å². The van der Waals surface area contributed by atoms with Crippen LogP contribution >= 0.6 is 11.3 Å². The smallest absolute Gasteiger partial charge is 0.0980 e. The maximum Gasteiger partial charge on any atom is 0.0980 e. The summed E-state index contributed by atoms with van der Waals surface area (Å²) >= 11 is 1.72. The number of thiazole rings is 1. The van der Waals surface area contributed by atoms with Crippen LogP contribution in [0.5, 0.6) is 0 Å². The minimum absolute atomic E-state index is 0.888. The lowest BCUT2D eigenvalue weighted by Gasteiger charge is -2.00. The summed E-state index contributed by atoms with van der Waals surface area (Å²) in [7, 11) is 0. The molecule has 2 aromatic carbocycles. The molecule has 4 aromatic rings. The molecule has 0 atom stereocenters. The Balaban J connectivity index is 1.54. The molecule has 0 N–H and O–H groups in total. The van der Waals surface area contributed by atoms with E-state index < -0.39 is 0 Å². The summed E-state index contributed by atoms with van der Waals surface area (Å²) < 4.78 is 5.13. The zero-order valence-electron chi connectivity index (χ0n) is 12.5. The highest BCUT2D eigenvalue weighted by atomic mass is 32.1. The van der Waals surface area contributed by atoms with Gasteiger partial charge in [-0.05, 0) is 17.2 Å². The number of nitrogens with zero attached hydrogens (tertiary/aromatic N) is 1. The maximum absolute atomic E-state index is 5.13. The van der Waals surface area contributed by atoms with Gasteiger partial charge in [-0.1, -0.05) is 54.6 Å². The van der Waals surface area contributed by atoms with Gasteiger partial charge in [0.1, 0.15) is 0 Å². The fourth-order valence-corrected chi connectivity index (χ4v) is 3.39. The summed E-state index contributed by atoms with van der Waals surface area (Å²) in [6.45, 7) is 0. The molecule has 4 rings (SSSR count). The minimum Gasteiger partial charge on any atom is -0.472 e. The Labute approximate surface area is 139 Å². The first-order valence-electron chi connectivity index (χ1n) is 7.50. The van der Waals surface area contributed by atoms with Crippen molar-refractivity contribution in [1.29, 1.82) is 0 Å². The van der Waals surface area contributed by atoms with Crippen molar-refractivity contribution < 1.29 is 4.42 Å². The van der Waals surface area contributed by atoms with Crippen LogP contribution in [0.2, 0.25) is 0 Å². The number of rotatable bonds is 4. The van der Waals surface area contributed by atoms with Crippen LogP contribution in [0.15, 0.2) is 83.0 Å². The fraction of sp³-hybridized carbons (Fsp3) is 0.0500. The zero-order chi connectivity index (χ0) is 15.5. The van der Waals surface area contributed by atoms with E-state index in [1.807, 2.05) is 12.1 Å². The van der Waals surface area contributed by atoms with Crippen molar-refractivity contribution in [3.05, 3.63) is 89.1 Å². The summed E-state index contributed by atoms with van der Waals surface area (Å²) in [5, 5.41) is 3.27. The van der Waals surface area contributed by atoms with Crippen LogP contribution in [0.1, 0.15) is 10.6 Å². The van der Waals surface area contributed by atoms with Crippen molar-refractivity contribution in [2.45, 2.75) is 6.42 Å². The molecule has 0 aliphatic carbocycles. The van der Waals surface area contributed by atoms with Crippen molar-refractivity contribution in [3.63, 3.8) is 0 Å². The minimum atomic E-state index is 0.888. The van der Waals surface area contributed by atoms with Gasteiger partial charge in [0.15, 0.2) is 0 Å². The van der Waals surface area contributed by atoms with Crippen LogP contribution < -0.4 is 0 Å². The highest BCUT2D eigenvalue weighted by molar-refractivity contribution is 7.10. The first-order chi connectivity index (χ1) is 11.4. The first-order valence-corrected chi connectivity index (χ1v) is 8.38. The molecular formula is C20H15NOS. The second-order valence-corrected chi connectivity index (χ2v) is 6.32. The molecule has 0 aliphatic rings. The van der Waals surface area contributed by atoms with Crippen molar-refractivity contribution in [1.82, 2.24) is 4.98 Å². The summed E-state index contributed by atoms with van der Waals surface area (Å²) in [5.74, 6) is 0. The van der Waals surface area contributed by atoms with E-state index in [0.717, 1.165) is 33.8 Å². The van der Waals surface area contributed by atoms with Gasteiger partial charge in [0.25, 0.3) is 0 Å². The molecule has 2 heterocycles. The van der Waals surface area contributed by atoms with Gasteiger partial charge in [0, 0.05) is 22.9 Å². The van der Waals surface area contributed by atoms with Crippen LogP contribution in [-0.2, 0) is 6.42 Å². The summed E-state index contributed by atoms with van der Waals surface area (Å²) in [5.41, 5.74) is 5.73. The monoisotopic (exact) mass is 317 g/mol. The predicted octanol–water partition coefficient (Wildman–Crippen LogP) is 5.66. The lowest BCUT2D eigenvalue weighted by atomic mass is 10.1. The zero-order valence-corrected chi connectivity index (χ0v) is 13.3. The second-order valence-electron chi connectivity index (χ2n) is 5.38. The Morgan fingerprint density at radius 3 is 2.35 bits per heavy atom. The Kier molecular flexibility index (Phi) is 3.78. The lowest BCUT2D eigenvalue weighted by Crippen LogP contribution is -1.87. The molecule has 0 radical (unpaired) electrons. The molecule has 0 bridgehead atoms. The van der Waals surface area contributed by atoms with Gasteiger partial charge >= 0.3 is 0 Å². The van der Waals surface area contributed by atoms with Crippen molar-refractivity contribution in [3.8, 4) is 22.4 Å². The third-order valence-electron chi connectivity index (χ3n) is 3.79. The Hall–Kier alpha value is -2.65. The largest absolute Gasteiger partial charge is 0.472 e. The average molecular weight is 317 g/mol. The van der Waals surface area contributed by atoms with Crippen LogP contribution in [0.3, 0.4) is 0 Å². The molecule has 0 spiro atoms. The van der Waals surface area contributed by atoms with Crippen LogP contribution in [0.25, 0.3) is 22.4 Å². The molecule has 0 aliphatic heterocycles. The Bertz CT molecular complexity index is 877. The maximum atomic E-state index is 5.13. The number of hydrogen-bond acceptors (Lipinski definition) is 3. The number of hydrogen-bond donors (Lipinski definition) is 0. The van der Waals surface area contributed by atoms with E-state index in [-0.39, 0.29) is 0 Å². The molecule has 2 aromatic heterocycles. The summed E-state index contributed by atoms with van der Waals surface area (Å²) in [6, 6.07) is 20.9. The standard InChI is InChI=1S/C20H15NOS/c1-2-4-15(5-3-1)12-20-21-19(14-23-20)17-8-6-16(7-9-17)18-10-11-22-13-18/h1-11,13-14H,12H2. The molecule has 3 heteroatoms. The quantitative estimate of drug-likeness (QED) is 0.485.